The fourth-order valence-electron chi connectivity index (χ4n) is 3.23. The van der Waals surface area contributed by atoms with Crippen LogP contribution in [0.15, 0.2) is 45.8 Å². The lowest BCUT2D eigenvalue weighted by molar-refractivity contribution is -0.119. The van der Waals surface area contributed by atoms with Crippen LogP contribution in [0.25, 0.3) is 0 Å². The number of carbonyl (C=O) groups is 1. The first-order valence-electron chi connectivity index (χ1n) is 7.84. The second-order valence-corrected chi connectivity index (χ2v) is 8.93. The fraction of sp³-hybridized carbons (Fsp3) is 0.278. The third-order valence-corrected chi connectivity index (χ3v) is 7.04. The maximum absolute atomic E-state index is 13.4. The van der Waals surface area contributed by atoms with Crippen molar-refractivity contribution in [1.82, 2.24) is 0 Å². The average molecular weight is 423 g/mol. The van der Waals surface area contributed by atoms with Gasteiger partial charge in [-0.15, -0.1) is 0 Å². The Balaban J connectivity index is 2.29. The Morgan fingerprint density at radius 1 is 1.08 bits per heavy atom. The Labute approximate surface area is 156 Å². The Morgan fingerprint density at radius 3 is 2.40 bits per heavy atom. The summed E-state index contributed by atoms with van der Waals surface area (Å²) < 4.78 is 28.9. The molecule has 0 N–H and O–H groups in total. The van der Waals surface area contributed by atoms with Crippen LogP contribution in [0.4, 0.5) is 11.4 Å². The van der Waals surface area contributed by atoms with Crippen molar-refractivity contribution in [2.45, 2.75) is 31.7 Å². The van der Waals surface area contributed by atoms with Crippen LogP contribution in [-0.2, 0) is 14.8 Å². The molecule has 0 bridgehead atoms. The van der Waals surface area contributed by atoms with Crippen LogP contribution in [-0.4, -0.2) is 27.4 Å². The molecular weight excluding hydrogens is 404 g/mol. The van der Waals surface area contributed by atoms with Crippen molar-refractivity contribution < 1.29 is 13.2 Å². The van der Waals surface area contributed by atoms with Gasteiger partial charge in [0.2, 0.25) is 5.91 Å². The Bertz CT molecular complexity index is 972. The van der Waals surface area contributed by atoms with E-state index in [4.69, 9.17) is 0 Å². The van der Waals surface area contributed by atoms with Crippen molar-refractivity contribution in [1.29, 1.82) is 0 Å². The maximum atomic E-state index is 13.4. The lowest BCUT2D eigenvalue weighted by Gasteiger charge is -2.40. The van der Waals surface area contributed by atoms with E-state index in [1.54, 1.807) is 45.2 Å². The lowest BCUT2D eigenvalue weighted by Crippen LogP contribution is -2.53. The molecule has 1 aliphatic rings. The van der Waals surface area contributed by atoms with Gasteiger partial charge in [-0.25, -0.2) is 8.42 Å². The van der Waals surface area contributed by atoms with E-state index in [0.717, 1.165) is 10.0 Å². The molecule has 1 atom stereocenters. The molecular formula is C18H19BrN2O3S. The summed E-state index contributed by atoms with van der Waals surface area (Å²) in [7, 11) is -2.21. The summed E-state index contributed by atoms with van der Waals surface area (Å²) in [6, 6.07) is 9.66. The molecule has 25 heavy (non-hydrogen) atoms. The largest absolute Gasteiger partial charge is 0.312 e. The number of rotatable bonds is 2. The van der Waals surface area contributed by atoms with E-state index in [0.29, 0.717) is 16.9 Å². The molecule has 1 heterocycles. The summed E-state index contributed by atoms with van der Waals surface area (Å²) >= 11 is 3.36. The summed E-state index contributed by atoms with van der Waals surface area (Å²) in [5, 5.41) is 0. The zero-order chi connectivity index (χ0) is 18.5. The topological polar surface area (TPSA) is 57.7 Å². The molecule has 2 aromatic carbocycles. The Kier molecular flexibility index (Phi) is 4.41. The molecule has 5 nitrogen and oxygen atoms in total. The van der Waals surface area contributed by atoms with E-state index in [2.05, 4.69) is 15.9 Å². The van der Waals surface area contributed by atoms with Gasteiger partial charge in [-0.2, -0.15) is 0 Å². The maximum Gasteiger partial charge on any atom is 0.265 e. The molecule has 0 radical (unpaired) electrons. The molecule has 0 saturated carbocycles. The number of carbonyl (C=O) groups excluding carboxylic acids is 1. The summed E-state index contributed by atoms with van der Waals surface area (Å²) in [6.07, 6.45) is 0. The SMILES string of the molecule is Cc1cc(Br)ccc1S(=O)(=O)N1c2c(C)cccc2N(C)C(=O)C1C. The van der Waals surface area contributed by atoms with Crippen molar-refractivity contribution in [3.63, 3.8) is 0 Å². The number of hydrogen-bond donors (Lipinski definition) is 0. The number of anilines is 2. The highest BCUT2D eigenvalue weighted by molar-refractivity contribution is 9.10. The van der Waals surface area contributed by atoms with Crippen molar-refractivity contribution in [2.24, 2.45) is 0 Å². The molecule has 0 saturated heterocycles. The van der Waals surface area contributed by atoms with Gasteiger partial charge in [0, 0.05) is 11.5 Å². The van der Waals surface area contributed by atoms with Gasteiger partial charge in [0.25, 0.3) is 10.0 Å². The number of halogens is 1. The number of sulfonamides is 1. The average Bonchev–Trinajstić information content (AvgIpc) is 2.53. The minimum atomic E-state index is -3.89. The van der Waals surface area contributed by atoms with Gasteiger partial charge in [0.15, 0.2) is 0 Å². The minimum absolute atomic E-state index is 0.203. The second-order valence-electron chi connectivity index (χ2n) is 6.23. The van der Waals surface area contributed by atoms with Gasteiger partial charge < -0.3 is 4.90 Å². The summed E-state index contributed by atoms with van der Waals surface area (Å²) in [5.41, 5.74) is 2.59. The number of likely N-dealkylation sites (N-methyl/N-ethyl adjacent to an activating group) is 1. The standard InChI is InChI=1S/C18H19BrN2O3S/c1-11-6-5-7-15-17(11)21(13(3)18(22)20(15)4)25(23,24)16-9-8-14(19)10-12(16)2/h5-10,13H,1-4H3. The number of amides is 1. The molecule has 3 rings (SSSR count). The van der Waals surface area contributed by atoms with Crippen LogP contribution < -0.4 is 9.21 Å². The van der Waals surface area contributed by atoms with Crippen molar-refractivity contribution in [3.8, 4) is 0 Å². The van der Waals surface area contributed by atoms with Crippen LogP contribution in [0.3, 0.4) is 0 Å². The first-order valence-corrected chi connectivity index (χ1v) is 10.1. The van der Waals surface area contributed by atoms with Gasteiger partial charge in [-0.1, -0.05) is 28.1 Å². The first-order chi connectivity index (χ1) is 11.7. The van der Waals surface area contributed by atoms with Crippen LogP contribution in [0.2, 0.25) is 0 Å². The number of para-hydroxylation sites is 1. The van der Waals surface area contributed by atoms with E-state index in [9.17, 15) is 13.2 Å². The molecule has 0 spiro atoms. The summed E-state index contributed by atoms with van der Waals surface area (Å²) in [5.74, 6) is -0.253. The van der Waals surface area contributed by atoms with Crippen molar-refractivity contribution in [3.05, 3.63) is 52.0 Å². The number of nitrogens with zero attached hydrogens (tertiary/aromatic N) is 2. The zero-order valence-corrected chi connectivity index (χ0v) is 16.8. The summed E-state index contributed by atoms with van der Waals surface area (Å²) in [4.78, 5) is 14.4. The highest BCUT2D eigenvalue weighted by Gasteiger charge is 2.42. The van der Waals surface area contributed by atoms with Crippen molar-refractivity contribution >= 4 is 43.2 Å². The molecule has 1 aliphatic heterocycles. The highest BCUT2D eigenvalue weighted by Crippen LogP contribution is 2.41. The normalized spacial score (nSPS) is 17.6. The Hall–Kier alpha value is -1.86. The van der Waals surface area contributed by atoms with E-state index in [1.165, 1.54) is 9.21 Å². The van der Waals surface area contributed by atoms with E-state index in [1.807, 2.05) is 19.1 Å². The van der Waals surface area contributed by atoms with Crippen LogP contribution in [0, 0.1) is 13.8 Å². The third-order valence-electron chi connectivity index (χ3n) is 4.51. The minimum Gasteiger partial charge on any atom is -0.312 e. The van der Waals surface area contributed by atoms with Gasteiger partial charge in [0.1, 0.15) is 6.04 Å². The smallest absolute Gasteiger partial charge is 0.265 e. The second kappa shape index (κ2) is 6.14. The van der Waals surface area contributed by atoms with Crippen LogP contribution in [0.5, 0.6) is 0 Å². The molecule has 1 unspecified atom stereocenters. The molecule has 1 amide bonds. The molecule has 0 aliphatic carbocycles. The lowest BCUT2D eigenvalue weighted by atomic mass is 10.1. The van der Waals surface area contributed by atoms with Crippen molar-refractivity contribution in [2.75, 3.05) is 16.3 Å². The summed E-state index contributed by atoms with van der Waals surface area (Å²) in [6.45, 7) is 5.23. The van der Waals surface area contributed by atoms with Crippen LogP contribution >= 0.6 is 15.9 Å². The van der Waals surface area contributed by atoms with Gasteiger partial charge in [-0.05, 0) is 56.2 Å². The number of benzene rings is 2. The quantitative estimate of drug-likeness (QED) is 0.742. The molecule has 0 fully saturated rings. The predicted octanol–water partition coefficient (Wildman–Crippen LogP) is 3.63. The van der Waals surface area contributed by atoms with Gasteiger partial charge in [0.05, 0.1) is 16.3 Å². The first kappa shape index (κ1) is 17.9. The highest BCUT2D eigenvalue weighted by atomic mass is 79.9. The van der Waals surface area contributed by atoms with Gasteiger partial charge >= 0.3 is 0 Å². The van der Waals surface area contributed by atoms with E-state index >= 15 is 0 Å². The predicted molar refractivity (Wildman–Crippen MR) is 103 cm³/mol. The molecule has 0 aromatic heterocycles. The van der Waals surface area contributed by atoms with Crippen LogP contribution in [0.1, 0.15) is 18.1 Å². The third kappa shape index (κ3) is 2.75. The molecule has 132 valence electrons. The molecule has 7 heteroatoms. The van der Waals surface area contributed by atoms with E-state index < -0.39 is 16.1 Å². The van der Waals surface area contributed by atoms with Gasteiger partial charge in [-0.3, -0.25) is 9.10 Å². The number of aryl methyl sites for hydroxylation is 2. The monoisotopic (exact) mass is 422 g/mol. The molecule has 2 aromatic rings. The zero-order valence-electron chi connectivity index (χ0n) is 14.4. The fourth-order valence-corrected chi connectivity index (χ4v) is 5.61. The Morgan fingerprint density at radius 2 is 1.76 bits per heavy atom. The van der Waals surface area contributed by atoms with E-state index in [-0.39, 0.29) is 10.8 Å². The number of fused-ring (bicyclic) bond motifs is 1. The number of hydrogen-bond acceptors (Lipinski definition) is 3.